The number of amides is 1. The van der Waals surface area contributed by atoms with Gasteiger partial charge in [0.05, 0.1) is 5.69 Å². The summed E-state index contributed by atoms with van der Waals surface area (Å²) in [6.45, 7) is 0. The molecule has 0 saturated heterocycles. The Morgan fingerprint density at radius 1 is 1.60 bits per heavy atom. The molecule has 3 heteroatoms. The molecule has 1 N–H and O–H groups in total. The number of nitrogens with zero attached hydrogens (tertiary/aromatic N) is 1. The zero-order valence-electron chi connectivity index (χ0n) is 5.24. The Morgan fingerprint density at radius 3 is 3.10 bits per heavy atom. The number of hydrogen-bond donors (Lipinski definition) is 1. The van der Waals surface area contributed by atoms with Crippen LogP contribution >= 0.6 is 0 Å². The van der Waals surface area contributed by atoms with E-state index in [0.717, 1.165) is 0 Å². The van der Waals surface area contributed by atoms with Gasteiger partial charge in [0.1, 0.15) is 0 Å². The zero-order valence-corrected chi connectivity index (χ0v) is 5.24. The van der Waals surface area contributed by atoms with E-state index >= 15 is 0 Å². The number of hydrogen-bond acceptors (Lipinski definition) is 2. The third-order valence-corrected chi connectivity index (χ3v) is 0.947. The highest BCUT2D eigenvalue weighted by molar-refractivity contribution is 5.51. The molecule has 0 heterocycles. The van der Waals surface area contributed by atoms with Gasteiger partial charge in [0.15, 0.2) is 0 Å². The first-order chi connectivity index (χ1) is 4.93. The summed E-state index contributed by atoms with van der Waals surface area (Å²) >= 11 is 0. The Bertz CT molecular complexity index is 198. The summed E-state index contributed by atoms with van der Waals surface area (Å²) in [5.41, 5.74) is 6.47. The van der Waals surface area contributed by atoms with Crippen LogP contribution in [0.25, 0.3) is 0 Å². The van der Waals surface area contributed by atoms with Gasteiger partial charge < -0.3 is 0 Å². The van der Waals surface area contributed by atoms with Crippen LogP contribution in [0.4, 0.5) is 5.69 Å². The van der Waals surface area contributed by atoms with E-state index in [1.807, 2.05) is 12.1 Å². The molecular weight excluding hydrogens is 128 g/mol. The van der Waals surface area contributed by atoms with E-state index in [4.69, 9.17) is 0 Å². The lowest BCUT2D eigenvalue weighted by Gasteiger charge is -1.97. The molecular formula is C7H6N2O. The first-order valence-electron chi connectivity index (χ1n) is 2.79. The van der Waals surface area contributed by atoms with E-state index in [1.165, 1.54) is 0 Å². The van der Waals surface area contributed by atoms with Gasteiger partial charge in [0.2, 0.25) is 6.41 Å². The second-order valence-corrected chi connectivity index (χ2v) is 1.62. The number of benzene rings is 1. The van der Waals surface area contributed by atoms with Crippen LogP contribution in [-0.2, 0) is 4.79 Å². The number of rotatable bonds is 3. The summed E-state index contributed by atoms with van der Waals surface area (Å²) in [7, 11) is 0. The largest absolute Gasteiger partial charge is 0.275 e. The van der Waals surface area contributed by atoms with Crippen LogP contribution < -0.4 is 10.9 Å². The first-order valence-corrected chi connectivity index (χ1v) is 2.79. The predicted molar refractivity (Wildman–Crippen MR) is 37.1 cm³/mol. The van der Waals surface area contributed by atoms with Gasteiger partial charge in [-0.2, -0.15) is 0 Å². The van der Waals surface area contributed by atoms with E-state index in [2.05, 4.69) is 16.9 Å². The number of nitrogens with one attached hydrogen (secondary N) is 1. The van der Waals surface area contributed by atoms with Crippen LogP contribution in [0.3, 0.4) is 0 Å². The van der Waals surface area contributed by atoms with Crippen LogP contribution in [0.15, 0.2) is 24.3 Å². The summed E-state index contributed by atoms with van der Waals surface area (Å²) in [6.07, 6.45) is 0.445. The maximum atomic E-state index is 9.74. The summed E-state index contributed by atoms with van der Waals surface area (Å²) in [5, 5.41) is 0. The van der Waals surface area contributed by atoms with Crippen molar-refractivity contribution in [3.63, 3.8) is 0 Å². The Balaban J connectivity index is 2.50. The highest BCUT2D eigenvalue weighted by Crippen LogP contribution is 2.00. The molecule has 2 radical (unpaired) electrons. The Morgan fingerprint density at radius 2 is 2.50 bits per heavy atom. The van der Waals surface area contributed by atoms with E-state index in [9.17, 15) is 4.79 Å². The normalized spacial score (nSPS) is 8.40. The third kappa shape index (κ3) is 1.78. The lowest BCUT2D eigenvalue weighted by atomic mass is 10.3. The smallest absolute Gasteiger partial charge is 0.250 e. The molecule has 0 aromatic heterocycles. The Hall–Kier alpha value is -1.51. The monoisotopic (exact) mass is 134 g/mol. The molecule has 10 heavy (non-hydrogen) atoms. The van der Waals surface area contributed by atoms with E-state index in [0.29, 0.717) is 12.1 Å². The van der Waals surface area contributed by atoms with E-state index in [-0.39, 0.29) is 0 Å². The number of carbonyl (C=O) groups is 1. The zero-order chi connectivity index (χ0) is 7.23. The van der Waals surface area contributed by atoms with Crippen molar-refractivity contribution in [1.82, 2.24) is 5.43 Å². The summed E-state index contributed by atoms with van der Waals surface area (Å²) in [6, 6.07) is 10.0. The molecule has 50 valence electrons. The molecule has 0 unspecified atom stereocenters. The van der Waals surface area contributed by atoms with Crippen molar-refractivity contribution in [3.8, 4) is 0 Å². The van der Waals surface area contributed by atoms with Crippen molar-refractivity contribution in [2.45, 2.75) is 0 Å². The van der Waals surface area contributed by atoms with Crippen molar-refractivity contribution < 1.29 is 4.79 Å². The standard InChI is InChI=1S/C7H6N2O/c10-6-8-9-7-4-2-1-3-5-7/h1-4,6,9H. The second-order valence-electron chi connectivity index (χ2n) is 1.62. The highest BCUT2D eigenvalue weighted by atomic mass is 16.1. The van der Waals surface area contributed by atoms with Gasteiger partial charge in [-0.15, -0.1) is 5.43 Å². The maximum Gasteiger partial charge on any atom is 0.250 e. The van der Waals surface area contributed by atoms with Crippen molar-refractivity contribution in [2.24, 2.45) is 0 Å². The fourth-order valence-electron chi connectivity index (χ4n) is 0.559. The van der Waals surface area contributed by atoms with Crippen LogP contribution in [-0.4, -0.2) is 6.41 Å². The first kappa shape index (κ1) is 6.61. The molecule has 0 aliphatic carbocycles. The van der Waals surface area contributed by atoms with Crippen molar-refractivity contribution in [2.75, 3.05) is 5.43 Å². The molecule has 1 aromatic rings. The van der Waals surface area contributed by atoms with Crippen LogP contribution in [0.5, 0.6) is 0 Å². The van der Waals surface area contributed by atoms with Crippen LogP contribution in [0.1, 0.15) is 0 Å². The minimum absolute atomic E-state index is 0.445. The molecule has 0 aliphatic heterocycles. The lowest BCUT2D eigenvalue weighted by molar-refractivity contribution is -0.109. The van der Waals surface area contributed by atoms with Crippen molar-refractivity contribution in [1.29, 1.82) is 0 Å². The van der Waals surface area contributed by atoms with Crippen molar-refractivity contribution >= 4 is 12.1 Å². The van der Waals surface area contributed by atoms with E-state index in [1.54, 1.807) is 12.1 Å². The summed E-state index contributed by atoms with van der Waals surface area (Å²) in [5.74, 6) is 0. The molecule has 0 bridgehead atoms. The van der Waals surface area contributed by atoms with Gasteiger partial charge >= 0.3 is 0 Å². The molecule has 3 nitrogen and oxygen atoms in total. The number of para-hydroxylation sites is 1. The fourth-order valence-corrected chi connectivity index (χ4v) is 0.559. The molecule has 0 aliphatic rings. The molecule has 1 amide bonds. The number of anilines is 1. The molecule has 0 spiro atoms. The fraction of sp³-hybridized carbons (Fsp3) is 0. The van der Waals surface area contributed by atoms with Gasteiger partial charge in [-0.25, -0.2) is 0 Å². The average molecular weight is 134 g/mol. The highest BCUT2D eigenvalue weighted by Gasteiger charge is 1.85. The topological polar surface area (TPSA) is 43.2 Å². The van der Waals surface area contributed by atoms with Crippen LogP contribution in [0.2, 0.25) is 0 Å². The van der Waals surface area contributed by atoms with Crippen LogP contribution in [0, 0.1) is 6.07 Å². The molecule has 0 atom stereocenters. The molecule has 1 aromatic carbocycles. The number of carbonyl (C=O) groups excluding carboxylic acids is 1. The Labute approximate surface area is 59.0 Å². The van der Waals surface area contributed by atoms with Gasteiger partial charge in [0.25, 0.3) is 0 Å². The minimum Gasteiger partial charge on any atom is -0.275 e. The summed E-state index contributed by atoms with van der Waals surface area (Å²) in [4.78, 5) is 9.74. The quantitative estimate of drug-likeness (QED) is 0.485. The van der Waals surface area contributed by atoms with Crippen molar-refractivity contribution in [3.05, 3.63) is 30.3 Å². The Kier molecular flexibility index (Phi) is 2.31. The second kappa shape index (κ2) is 3.50. The molecule has 1 rings (SSSR count). The SMILES string of the molecule is O=C[N]Nc1[c]cccc1. The maximum absolute atomic E-state index is 9.74. The third-order valence-electron chi connectivity index (χ3n) is 0.947. The van der Waals surface area contributed by atoms with Gasteiger partial charge in [0, 0.05) is 6.07 Å². The van der Waals surface area contributed by atoms with E-state index < -0.39 is 0 Å². The minimum atomic E-state index is 0.445. The predicted octanol–water partition coefficient (Wildman–Crippen LogP) is 0.574. The lowest BCUT2D eigenvalue weighted by Crippen LogP contribution is -2.09. The molecule has 0 fully saturated rings. The molecule has 0 saturated carbocycles. The van der Waals surface area contributed by atoms with Gasteiger partial charge in [-0.3, -0.25) is 10.2 Å². The van der Waals surface area contributed by atoms with Gasteiger partial charge in [-0.1, -0.05) is 18.2 Å². The average Bonchev–Trinajstić information content (AvgIpc) is 2.03. The van der Waals surface area contributed by atoms with Gasteiger partial charge in [-0.05, 0) is 6.07 Å². The summed E-state index contributed by atoms with van der Waals surface area (Å²) < 4.78 is 0.